The van der Waals surface area contributed by atoms with Gasteiger partial charge in [-0.2, -0.15) is 0 Å². The standard InChI is InChI=1S/C48H36N2/c1-4-15-35(16-5-1)36-27-30-41(31-28-36)50(40-21-8-3-9-22-40)44-25-12-10-19-38(44)33-34-49-45-26-13-11-23-43(45)48-46(49)32-29-39-20-14-24-42(47(39)48)37-17-6-2-7-18-37/h1-32H,33-34H2. The molecule has 0 aliphatic heterocycles. The molecule has 0 atom stereocenters. The third kappa shape index (κ3) is 5.32. The molecule has 0 spiro atoms. The van der Waals surface area contributed by atoms with Crippen LogP contribution in [0.2, 0.25) is 0 Å². The summed E-state index contributed by atoms with van der Waals surface area (Å²) >= 11 is 0. The van der Waals surface area contributed by atoms with Crippen LogP contribution in [0, 0.1) is 0 Å². The number of aromatic nitrogens is 1. The monoisotopic (exact) mass is 640 g/mol. The second-order valence-electron chi connectivity index (χ2n) is 12.9. The van der Waals surface area contributed by atoms with Gasteiger partial charge in [0.1, 0.15) is 0 Å². The molecule has 0 amide bonds. The molecule has 0 N–H and O–H groups in total. The first-order chi connectivity index (χ1) is 24.8. The van der Waals surface area contributed by atoms with Gasteiger partial charge in [0.05, 0.1) is 0 Å². The molecule has 238 valence electrons. The highest BCUT2D eigenvalue weighted by Gasteiger charge is 2.19. The van der Waals surface area contributed by atoms with Gasteiger partial charge in [0.25, 0.3) is 0 Å². The van der Waals surface area contributed by atoms with E-state index in [0.717, 1.165) is 24.3 Å². The van der Waals surface area contributed by atoms with E-state index in [4.69, 9.17) is 0 Å². The number of fused-ring (bicyclic) bond motifs is 5. The predicted octanol–water partition coefficient (Wildman–Crippen LogP) is 13.0. The molecular weight excluding hydrogens is 605 g/mol. The average Bonchev–Trinajstić information content (AvgIpc) is 3.52. The first kappa shape index (κ1) is 29.7. The fourth-order valence-electron chi connectivity index (χ4n) is 7.63. The zero-order valence-electron chi connectivity index (χ0n) is 27.8. The molecule has 0 fully saturated rings. The van der Waals surface area contributed by atoms with Gasteiger partial charge in [0.2, 0.25) is 0 Å². The van der Waals surface area contributed by atoms with Gasteiger partial charge in [0.15, 0.2) is 0 Å². The number of benzene rings is 8. The van der Waals surface area contributed by atoms with Crippen LogP contribution in [-0.4, -0.2) is 4.57 Å². The van der Waals surface area contributed by atoms with Crippen molar-refractivity contribution in [2.75, 3.05) is 4.90 Å². The molecule has 9 rings (SSSR count). The van der Waals surface area contributed by atoms with Gasteiger partial charge in [-0.3, -0.25) is 0 Å². The number of nitrogens with zero attached hydrogens (tertiary/aromatic N) is 2. The number of hydrogen-bond donors (Lipinski definition) is 0. The lowest BCUT2D eigenvalue weighted by atomic mass is 9.94. The van der Waals surface area contributed by atoms with Crippen LogP contribution < -0.4 is 4.90 Å². The summed E-state index contributed by atoms with van der Waals surface area (Å²) in [7, 11) is 0. The number of anilines is 3. The van der Waals surface area contributed by atoms with E-state index in [1.54, 1.807) is 0 Å². The molecular formula is C48H36N2. The van der Waals surface area contributed by atoms with Crippen molar-refractivity contribution in [3.05, 3.63) is 200 Å². The number of rotatable bonds is 8. The second kappa shape index (κ2) is 12.9. The molecule has 2 heteroatoms. The van der Waals surface area contributed by atoms with E-state index in [9.17, 15) is 0 Å². The van der Waals surface area contributed by atoms with E-state index in [2.05, 4.69) is 204 Å². The zero-order valence-corrected chi connectivity index (χ0v) is 27.8. The molecule has 0 saturated carbocycles. The van der Waals surface area contributed by atoms with Crippen LogP contribution >= 0.6 is 0 Å². The van der Waals surface area contributed by atoms with Crippen LogP contribution in [0.15, 0.2) is 194 Å². The summed E-state index contributed by atoms with van der Waals surface area (Å²) in [5.74, 6) is 0. The first-order valence-corrected chi connectivity index (χ1v) is 17.4. The minimum Gasteiger partial charge on any atom is -0.340 e. The van der Waals surface area contributed by atoms with E-state index in [1.807, 2.05) is 0 Å². The fourth-order valence-corrected chi connectivity index (χ4v) is 7.63. The normalized spacial score (nSPS) is 11.4. The Morgan fingerprint density at radius 1 is 0.400 bits per heavy atom. The van der Waals surface area contributed by atoms with E-state index in [-0.39, 0.29) is 0 Å². The van der Waals surface area contributed by atoms with E-state index < -0.39 is 0 Å². The quantitative estimate of drug-likeness (QED) is 0.160. The summed E-state index contributed by atoms with van der Waals surface area (Å²) < 4.78 is 2.53. The van der Waals surface area contributed by atoms with Crippen molar-refractivity contribution in [1.82, 2.24) is 4.57 Å². The largest absolute Gasteiger partial charge is 0.340 e. The van der Waals surface area contributed by atoms with Crippen molar-refractivity contribution in [3.63, 3.8) is 0 Å². The minimum absolute atomic E-state index is 0.857. The molecule has 0 bridgehead atoms. The molecule has 9 aromatic rings. The highest BCUT2D eigenvalue weighted by Crippen LogP contribution is 2.41. The Morgan fingerprint density at radius 3 is 1.80 bits per heavy atom. The SMILES string of the molecule is c1ccc(-c2ccc(N(c3ccccc3)c3ccccc3CCn3c4ccccc4c4c5c(-c6ccccc6)cccc5ccc43)cc2)cc1. The maximum absolute atomic E-state index is 2.53. The molecule has 8 aromatic carbocycles. The molecule has 0 radical (unpaired) electrons. The van der Waals surface area contributed by atoms with Crippen molar-refractivity contribution in [2.45, 2.75) is 13.0 Å². The summed E-state index contributed by atoms with van der Waals surface area (Å²) in [4.78, 5) is 2.40. The fraction of sp³-hybridized carbons (Fsp3) is 0.0417. The molecule has 1 heterocycles. The van der Waals surface area contributed by atoms with Crippen LogP contribution in [0.25, 0.3) is 54.8 Å². The van der Waals surface area contributed by atoms with Gasteiger partial charge in [-0.25, -0.2) is 0 Å². The van der Waals surface area contributed by atoms with Crippen LogP contribution in [-0.2, 0) is 13.0 Å². The summed E-state index contributed by atoms with van der Waals surface area (Å²) in [5.41, 5.74) is 12.3. The van der Waals surface area contributed by atoms with Crippen molar-refractivity contribution in [1.29, 1.82) is 0 Å². The molecule has 0 unspecified atom stereocenters. The average molecular weight is 641 g/mol. The van der Waals surface area contributed by atoms with E-state index in [0.29, 0.717) is 0 Å². The maximum atomic E-state index is 2.53. The van der Waals surface area contributed by atoms with E-state index in [1.165, 1.54) is 66.1 Å². The van der Waals surface area contributed by atoms with Crippen molar-refractivity contribution >= 4 is 49.6 Å². The lowest BCUT2D eigenvalue weighted by molar-refractivity contribution is 0.745. The Hall–Kier alpha value is -6.38. The second-order valence-corrected chi connectivity index (χ2v) is 12.9. The minimum atomic E-state index is 0.857. The van der Waals surface area contributed by atoms with Crippen LogP contribution in [0.1, 0.15) is 5.56 Å². The highest BCUT2D eigenvalue weighted by atomic mass is 15.1. The number of hydrogen-bond acceptors (Lipinski definition) is 1. The lowest BCUT2D eigenvalue weighted by Gasteiger charge is -2.28. The van der Waals surface area contributed by atoms with Crippen molar-refractivity contribution in [2.24, 2.45) is 0 Å². The van der Waals surface area contributed by atoms with Gasteiger partial charge >= 0.3 is 0 Å². The molecule has 0 aliphatic rings. The molecule has 0 saturated heterocycles. The molecule has 50 heavy (non-hydrogen) atoms. The summed E-state index contributed by atoms with van der Waals surface area (Å²) in [5, 5.41) is 5.22. The smallest absolute Gasteiger partial charge is 0.0498 e. The van der Waals surface area contributed by atoms with Gasteiger partial charge in [0, 0.05) is 45.4 Å². The Labute approximate surface area is 293 Å². The third-order valence-electron chi connectivity index (χ3n) is 9.95. The topological polar surface area (TPSA) is 8.17 Å². The summed E-state index contributed by atoms with van der Waals surface area (Å²) in [6.45, 7) is 0.857. The summed E-state index contributed by atoms with van der Waals surface area (Å²) in [6.07, 6.45) is 0.883. The van der Waals surface area contributed by atoms with Crippen LogP contribution in [0.5, 0.6) is 0 Å². The van der Waals surface area contributed by atoms with Gasteiger partial charge in [-0.05, 0) is 87.5 Å². The Balaban J connectivity index is 1.14. The maximum Gasteiger partial charge on any atom is 0.0498 e. The Kier molecular flexibility index (Phi) is 7.68. The molecule has 2 nitrogen and oxygen atoms in total. The van der Waals surface area contributed by atoms with Gasteiger partial charge in [-0.1, -0.05) is 152 Å². The molecule has 1 aromatic heterocycles. The highest BCUT2D eigenvalue weighted by molar-refractivity contribution is 6.24. The number of para-hydroxylation sites is 3. The lowest BCUT2D eigenvalue weighted by Crippen LogP contribution is -2.13. The molecule has 0 aliphatic carbocycles. The van der Waals surface area contributed by atoms with Crippen LogP contribution in [0.3, 0.4) is 0 Å². The summed E-state index contributed by atoms with van der Waals surface area (Å²) in [6, 6.07) is 70.2. The zero-order chi connectivity index (χ0) is 33.3. The van der Waals surface area contributed by atoms with Crippen LogP contribution in [0.4, 0.5) is 17.1 Å². The van der Waals surface area contributed by atoms with Gasteiger partial charge in [-0.15, -0.1) is 0 Å². The van der Waals surface area contributed by atoms with E-state index >= 15 is 0 Å². The van der Waals surface area contributed by atoms with Crippen molar-refractivity contribution in [3.8, 4) is 22.3 Å². The Bertz CT molecular complexity index is 2570. The Morgan fingerprint density at radius 2 is 1.02 bits per heavy atom. The third-order valence-corrected chi connectivity index (χ3v) is 9.95. The number of aryl methyl sites for hydroxylation is 2. The van der Waals surface area contributed by atoms with Crippen molar-refractivity contribution < 1.29 is 0 Å². The first-order valence-electron chi connectivity index (χ1n) is 17.4. The predicted molar refractivity (Wildman–Crippen MR) is 213 cm³/mol. The van der Waals surface area contributed by atoms with Gasteiger partial charge < -0.3 is 9.47 Å².